The van der Waals surface area contributed by atoms with Gasteiger partial charge in [-0.2, -0.15) is 11.8 Å². The third-order valence-corrected chi connectivity index (χ3v) is 4.98. The van der Waals surface area contributed by atoms with Crippen LogP contribution in [0.2, 0.25) is 0 Å². The molecule has 2 saturated heterocycles. The molecular weight excluding hydrogens is 224 g/mol. The highest BCUT2D eigenvalue weighted by Crippen LogP contribution is 2.41. The van der Waals surface area contributed by atoms with Crippen LogP contribution in [0.25, 0.3) is 0 Å². The molecular formula is C12H22O3S. The largest absolute Gasteiger partial charge is 0.393 e. The van der Waals surface area contributed by atoms with Crippen LogP contribution in [0, 0.1) is 5.92 Å². The third kappa shape index (κ3) is 2.92. The number of methoxy groups -OCH3 is 1. The lowest BCUT2D eigenvalue weighted by Gasteiger charge is -2.39. The fourth-order valence-corrected chi connectivity index (χ4v) is 4.11. The minimum Gasteiger partial charge on any atom is -0.393 e. The molecule has 0 aromatic heterocycles. The first kappa shape index (κ1) is 12.7. The summed E-state index contributed by atoms with van der Waals surface area (Å²) in [6.45, 7) is 1.47. The van der Waals surface area contributed by atoms with Crippen LogP contribution < -0.4 is 0 Å². The molecule has 16 heavy (non-hydrogen) atoms. The average Bonchev–Trinajstić information content (AvgIpc) is 2.74. The zero-order chi connectivity index (χ0) is 11.4. The molecule has 0 bridgehead atoms. The maximum atomic E-state index is 10.1. The Kier molecular flexibility index (Phi) is 4.53. The van der Waals surface area contributed by atoms with Crippen molar-refractivity contribution in [2.24, 2.45) is 5.92 Å². The van der Waals surface area contributed by atoms with Crippen LogP contribution in [-0.2, 0) is 9.47 Å². The maximum absolute atomic E-state index is 10.1. The molecule has 3 unspecified atom stereocenters. The van der Waals surface area contributed by atoms with Gasteiger partial charge in [-0.1, -0.05) is 0 Å². The minimum atomic E-state index is -0.216. The lowest BCUT2D eigenvalue weighted by molar-refractivity contribution is -0.103. The molecule has 0 aromatic carbocycles. The van der Waals surface area contributed by atoms with Crippen LogP contribution >= 0.6 is 11.8 Å². The second-order valence-electron chi connectivity index (χ2n) is 4.94. The van der Waals surface area contributed by atoms with E-state index in [0.29, 0.717) is 12.5 Å². The Morgan fingerprint density at radius 1 is 1.62 bits per heavy atom. The maximum Gasteiger partial charge on any atom is 0.0783 e. The van der Waals surface area contributed by atoms with Crippen molar-refractivity contribution in [2.45, 2.75) is 37.4 Å². The first-order chi connectivity index (χ1) is 7.76. The van der Waals surface area contributed by atoms with Gasteiger partial charge in [0.15, 0.2) is 0 Å². The van der Waals surface area contributed by atoms with Gasteiger partial charge in [0.05, 0.1) is 11.7 Å². The lowest BCUT2D eigenvalue weighted by Crippen LogP contribution is -2.43. The summed E-state index contributed by atoms with van der Waals surface area (Å²) in [5.41, 5.74) is 0.0850. The molecule has 94 valence electrons. The van der Waals surface area contributed by atoms with Crippen LogP contribution in [0.3, 0.4) is 0 Å². The molecule has 1 spiro atoms. The summed E-state index contributed by atoms with van der Waals surface area (Å²) in [7, 11) is 1.69. The Bertz CT molecular complexity index is 216. The first-order valence-electron chi connectivity index (χ1n) is 6.14. The summed E-state index contributed by atoms with van der Waals surface area (Å²) in [6, 6.07) is 0. The van der Waals surface area contributed by atoms with Gasteiger partial charge in [-0.25, -0.2) is 0 Å². The van der Waals surface area contributed by atoms with Gasteiger partial charge in [0, 0.05) is 26.1 Å². The Labute approximate surface area is 102 Å². The molecule has 3 nitrogen and oxygen atoms in total. The van der Waals surface area contributed by atoms with E-state index in [1.165, 1.54) is 5.75 Å². The minimum absolute atomic E-state index is 0.0850. The summed E-state index contributed by atoms with van der Waals surface area (Å²) < 4.78 is 11.0. The summed E-state index contributed by atoms with van der Waals surface area (Å²) >= 11 is 1.98. The third-order valence-electron chi connectivity index (χ3n) is 3.76. The predicted molar refractivity (Wildman–Crippen MR) is 65.8 cm³/mol. The van der Waals surface area contributed by atoms with Crippen molar-refractivity contribution in [3.05, 3.63) is 0 Å². The summed E-state index contributed by atoms with van der Waals surface area (Å²) in [5, 5.41) is 10.1. The molecule has 0 saturated carbocycles. The molecule has 2 heterocycles. The first-order valence-corrected chi connectivity index (χ1v) is 7.30. The Morgan fingerprint density at radius 3 is 3.19 bits per heavy atom. The van der Waals surface area contributed by atoms with E-state index in [1.807, 2.05) is 11.8 Å². The topological polar surface area (TPSA) is 38.7 Å². The van der Waals surface area contributed by atoms with E-state index in [-0.39, 0.29) is 11.7 Å². The predicted octanol–water partition coefficient (Wildman–Crippen LogP) is 1.69. The van der Waals surface area contributed by atoms with Gasteiger partial charge in [0.2, 0.25) is 0 Å². The number of thioether (sulfide) groups is 1. The molecule has 3 atom stereocenters. The van der Waals surface area contributed by atoms with Crippen molar-refractivity contribution in [2.75, 3.05) is 31.8 Å². The van der Waals surface area contributed by atoms with Gasteiger partial charge < -0.3 is 14.6 Å². The fourth-order valence-electron chi connectivity index (χ4n) is 2.73. The van der Waals surface area contributed by atoms with Crippen LogP contribution in [0.15, 0.2) is 0 Å². The molecule has 0 aromatic rings. The summed E-state index contributed by atoms with van der Waals surface area (Å²) in [5.74, 6) is 2.73. The molecule has 0 radical (unpaired) electrons. The van der Waals surface area contributed by atoms with Gasteiger partial charge in [-0.05, 0) is 37.4 Å². The number of hydrogen-bond donors (Lipinski definition) is 1. The number of aliphatic hydroxyl groups excluding tert-OH is 1. The number of hydrogen-bond acceptors (Lipinski definition) is 4. The van der Waals surface area contributed by atoms with E-state index in [4.69, 9.17) is 9.47 Å². The zero-order valence-corrected chi connectivity index (χ0v) is 10.8. The van der Waals surface area contributed by atoms with E-state index in [2.05, 4.69) is 0 Å². The van der Waals surface area contributed by atoms with E-state index < -0.39 is 0 Å². The summed E-state index contributed by atoms with van der Waals surface area (Å²) in [4.78, 5) is 0. The SMILES string of the molecule is COCCC(O)C1CCOC2(CCSC2)C1. The lowest BCUT2D eigenvalue weighted by atomic mass is 9.81. The van der Waals surface area contributed by atoms with Gasteiger partial charge in [0.25, 0.3) is 0 Å². The molecule has 1 N–H and O–H groups in total. The number of aliphatic hydroxyl groups is 1. The quantitative estimate of drug-likeness (QED) is 0.819. The number of rotatable bonds is 4. The molecule has 2 fully saturated rings. The van der Waals surface area contributed by atoms with Crippen LogP contribution in [0.1, 0.15) is 25.7 Å². The highest BCUT2D eigenvalue weighted by Gasteiger charge is 2.42. The Balaban J connectivity index is 1.85. The van der Waals surface area contributed by atoms with Gasteiger partial charge >= 0.3 is 0 Å². The van der Waals surface area contributed by atoms with Crippen LogP contribution in [0.4, 0.5) is 0 Å². The molecule has 2 aliphatic heterocycles. The Morgan fingerprint density at radius 2 is 2.50 bits per heavy atom. The average molecular weight is 246 g/mol. The van der Waals surface area contributed by atoms with Crippen molar-refractivity contribution in [3.63, 3.8) is 0 Å². The van der Waals surface area contributed by atoms with Crippen molar-refractivity contribution in [3.8, 4) is 0 Å². The van der Waals surface area contributed by atoms with E-state index in [9.17, 15) is 5.11 Å². The monoisotopic (exact) mass is 246 g/mol. The molecule has 4 heteroatoms. The number of ether oxygens (including phenoxy) is 2. The van der Waals surface area contributed by atoms with Crippen molar-refractivity contribution in [1.82, 2.24) is 0 Å². The normalized spacial score (nSPS) is 36.8. The van der Waals surface area contributed by atoms with E-state index in [1.54, 1.807) is 7.11 Å². The highest BCUT2D eigenvalue weighted by atomic mass is 32.2. The molecule has 0 aliphatic carbocycles. The van der Waals surface area contributed by atoms with Crippen molar-refractivity contribution >= 4 is 11.8 Å². The molecule has 0 amide bonds. The second-order valence-corrected chi connectivity index (χ2v) is 6.04. The fraction of sp³-hybridized carbons (Fsp3) is 1.00. The van der Waals surface area contributed by atoms with Crippen molar-refractivity contribution in [1.29, 1.82) is 0 Å². The molecule has 2 aliphatic rings. The zero-order valence-electron chi connectivity index (χ0n) is 9.98. The van der Waals surface area contributed by atoms with Gasteiger partial charge in [0.1, 0.15) is 0 Å². The molecule has 2 rings (SSSR count). The highest BCUT2D eigenvalue weighted by molar-refractivity contribution is 7.99. The van der Waals surface area contributed by atoms with E-state index >= 15 is 0 Å². The van der Waals surface area contributed by atoms with Gasteiger partial charge in [-0.3, -0.25) is 0 Å². The van der Waals surface area contributed by atoms with Crippen molar-refractivity contribution < 1.29 is 14.6 Å². The van der Waals surface area contributed by atoms with Crippen LogP contribution in [-0.4, -0.2) is 48.6 Å². The second kappa shape index (κ2) is 5.71. The summed E-state index contributed by atoms with van der Waals surface area (Å²) in [6.07, 6.45) is 3.73. The smallest absolute Gasteiger partial charge is 0.0783 e. The Hall–Kier alpha value is 0.230. The standard InChI is InChI=1S/C12H22O3S/c1-14-5-3-11(13)10-2-6-15-12(8-10)4-7-16-9-12/h10-11,13H,2-9H2,1H3. The van der Waals surface area contributed by atoms with E-state index in [0.717, 1.165) is 38.0 Å². The van der Waals surface area contributed by atoms with Crippen LogP contribution in [0.5, 0.6) is 0 Å². The van der Waals surface area contributed by atoms with Gasteiger partial charge in [-0.15, -0.1) is 0 Å².